The summed E-state index contributed by atoms with van der Waals surface area (Å²) in [6.07, 6.45) is 16.1. The van der Waals surface area contributed by atoms with Crippen LogP contribution in [-0.2, 0) is 12.8 Å². The number of hydrogen-bond acceptors (Lipinski definition) is 1. The zero-order valence-corrected chi connectivity index (χ0v) is 21.3. The van der Waals surface area contributed by atoms with Crippen LogP contribution in [0.5, 0.6) is 0 Å². The van der Waals surface area contributed by atoms with E-state index in [4.69, 9.17) is 0 Å². The molecule has 3 rings (SSSR count). The summed E-state index contributed by atoms with van der Waals surface area (Å²) in [4.78, 5) is 0. The quantitative estimate of drug-likeness (QED) is 0.329. The first-order valence-electron chi connectivity index (χ1n) is 13.5. The molecule has 32 heavy (non-hydrogen) atoms. The zero-order valence-electron chi connectivity index (χ0n) is 21.3. The summed E-state index contributed by atoms with van der Waals surface area (Å²) in [6, 6.07) is 14.2. The highest BCUT2D eigenvalue weighted by Crippen LogP contribution is 2.39. The minimum atomic E-state index is 0.793. The highest BCUT2D eigenvalue weighted by molar-refractivity contribution is 5.48. The van der Waals surface area contributed by atoms with Crippen LogP contribution in [0.2, 0.25) is 0 Å². The van der Waals surface area contributed by atoms with Gasteiger partial charge < -0.3 is 5.32 Å². The van der Waals surface area contributed by atoms with Gasteiger partial charge in [0.15, 0.2) is 0 Å². The van der Waals surface area contributed by atoms with Gasteiger partial charge in [-0.05, 0) is 111 Å². The standard InChI is InChI=1S/C31H47N/c1-5-7-9-10-26-11-16-29(17-12-26)31-20-14-27(22-25(31)4)13-15-28-18-19-30(23-24(28)3)32-21-8-6-2/h14,18-20,22-23,26,29,32H,5-13,15-17,21H2,1-4H3. The van der Waals surface area contributed by atoms with Crippen molar-refractivity contribution < 1.29 is 0 Å². The number of benzene rings is 2. The van der Waals surface area contributed by atoms with E-state index in [1.807, 2.05) is 0 Å². The molecule has 1 heteroatoms. The van der Waals surface area contributed by atoms with Crippen molar-refractivity contribution in [3.63, 3.8) is 0 Å². The fourth-order valence-electron chi connectivity index (χ4n) is 5.57. The third-order valence-electron chi connectivity index (χ3n) is 7.72. The Labute approximate surface area is 198 Å². The third-order valence-corrected chi connectivity index (χ3v) is 7.72. The molecule has 1 nitrogen and oxygen atoms in total. The summed E-state index contributed by atoms with van der Waals surface area (Å²) < 4.78 is 0. The molecule has 1 fully saturated rings. The Kier molecular flexibility index (Phi) is 10.2. The van der Waals surface area contributed by atoms with Gasteiger partial charge in [-0.3, -0.25) is 0 Å². The Morgan fingerprint density at radius 1 is 0.781 bits per heavy atom. The van der Waals surface area contributed by atoms with Crippen molar-refractivity contribution in [2.45, 2.75) is 111 Å². The number of anilines is 1. The molecule has 0 atom stereocenters. The fraction of sp³-hybridized carbons (Fsp3) is 0.613. The maximum absolute atomic E-state index is 3.55. The predicted molar refractivity (Wildman–Crippen MR) is 142 cm³/mol. The van der Waals surface area contributed by atoms with Crippen LogP contribution in [0.1, 0.15) is 112 Å². The van der Waals surface area contributed by atoms with E-state index in [1.54, 1.807) is 5.56 Å². The molecule has 0 heterocycles. The van der Waals surface area contributed by atoms with Crippen molar-refractivity contribution in [1.29, 1.82) is 0 Å². The molecular weight excluding hydrogens is 386 g/mol. The second-order valence-corrected chi connectivity index (χ2v) is 10.3. The number of rotatable bonds is 12. The SMILES string of the molecule is CCCCCC1CCC(c2ccc(CCc3ccc(NCCCC)cc3C)cc2C)CC1. The van der Waals surface area contributed by atoms with E-state index in [-0.39, 0.29) is 0 Å². The van der Waals surface area contributed by atoms with E-state index in [0.717, 1.165) is 31.2 Å². The number of nitrogens with one attached hydrogen (secondary N) is 1. The largest absolute Gasteiger partial charge is 0.385 e. The lowest BCUT2D eigenvalue weighted by Crippen LogP contribution is -2.14. The molecule has 0 amide bonds. The lowest BCUT2D eigenvalue weighted by Gasteiger charge is -2.30. The van der Waals surface area contributed by atoms with Gasteiger partial charge in [0.1, 0.15) is 0 Å². The van der Waals surface area contributed by atoms with E-state index in [9.17, 15) is 0 Å². The van der Waals surface area contributed by atoms with Crippen LogP contribution < -0.4 is 5.32 Å². The summed E-state index contributed by atoms with van der Waals surface area (Å²) in [5, 5.41) is 3.55. The molecule has 0 spiro atoms. The van der Waals surface area contributed by atoms with Crippen LogP contribution >= 0.6 is 0 Å². The normalized spacial score (nSPS) is 18.6. The summed E-state index contributed by atoms with van der Waals surface area (Å²) in [6.45, 7) is 10.2. The zero-order chi connectivity index (χ0) is 22.8. The number of hydrogen-bond donors (Lipinski definition) is 1. The highest BCUT2D eigenvalue weighted by atomic mass is 14.9. The summed E-state index contributed by atoms with van der Waals surface area (Å²) in [5.74, 6) is 1.79. The van der Waals surface area contributed by atoms with Gasteiger partial charge in [0.25, 0.3) is 0 Å². The second-order valence-electron chi connectivity index (χ2n) is 10.3. The van der Waals surface area contributed by atoms with Gasteiger partial charge in [0.2, 0.25) is 0 Å². The van der Waals surface area contributed by atoms with Crippen LogP contribution in [-0.4, -0.2) is 6.54 Å². The Bertz CT molecular complexity index is 813. The maximum Gasteiger partial charge on any atom is 0.0343 e. The van der Waals surface area contributed by atoms with Gasteiger partial charge in [-0.15, -0.1) is 0 Å². The minimum Gasteiger partial charge on any atom is -0.385 e. The van der Waals surface area contributed by atoms with Crippen molar-refractivity contribution >= 4 is 5.69 Å². The molecule has 0 aromatic heterocycles. The molecule has 2 aromatic rings. The molecule has 1 aliphatic carbocycles. The van der Waals surface area contributed by atoms with Crippen LogP contribution in [0.4, 0.5) is 5.69 Å². The van der Waals surface area contributed by atoms with Crippen molar-refractivity contribution in [3.8, 4) is 0 Å². The maximum atomic E-state index is 3.55. The van der Waals surface area contributed by atoms with Crippen molar-refractivity contribution in [3.05, 3.63) is 64.2 Å². The molecule has 0 saturated heterocycles. The van der Waals surface area contributed by atoms with E-state index >= 15 is 0 Å². The van der Waals surface area contributed by atoms with Crippen LogP contribution in [0.25, 0.3) is 0 Å². The molecule has 176 valence electrons. The van der Waals surface area contributed by atoms with Crippen molar-refractivity contribution in [1.82, 2.24) is 0 Å². The van der Waals surface area contributed by atoms with Gasteiger partial charge in [-0.25, -0.2) is 0 Å². The predicted octanol–water partition coefficient (Wildman–Crippen LogP) is 9.15. The summed E-state index contributed by atoms with van der Waals surface area (Å²) in [5.41, 5.74) is 8.79. The van der Waals surface area contributed by atoms with Gasteiger partial charge in [-0.1, -0.05) is 70.2 Å². The smallest absolute Gasteiger partial charge is 0.0343 e. The minimum absolute atomic E-state index is 0.793. The molecule has 0 bridgehead atoms. The lowest BCUT2D eigenvalue weighted by atomic mass is 9.76. The Hall–Kier alpha value is -1.76. The van der Waals surface area contributed by atoms with Gasteiger partial charge in [0.05, 0.1) is 0 Å². The third kappa shape index (κ3) is 7.39. The van der Waals surface area contributed by atoms with Crippen LogP contribution in [0.3, 0.4) is 0 Å². The first-order valence-corrected chi connectivity index (χ1v) is 13.5. The molecule has 0 unspecified atom stereocenters. The number of unbranched alkanes of at least 4 members (excludes halogenated alkanes) is 3. The van der Waals surface area contributed by atoms with Crippen LogP contribution in [0.15, 0.2) is 36.4 Å². The van der Waals surface area contributed by atoms with Crippen LogP contribution in [0, 0.1) is 19.8 Å². The molecule has 1 saturated carbocycles. The molecular formula is C31H47N. The molecule has 0 aliphatic heterocycles. The average Bonchev–Trinajstić information content (AvgIpc) is 2.80. The van der Waals surface area contributed by atoms with E-state index in [1.165, 1.54) is 92.1 Å². The second kappa shape index (κ2) is 13.1. The summed E-state index contributed by atoms with van der Waals surface area (Å²) >= 11 is 0. The molecule has 1 N–H and O–H groups in total. The summed E-state index contributed by atoms with van der Waals surface area (Å²) in [7, 11) is 0. The van der Waals surface area contributed by atoms with E-state index < -0.39 is 0 Å². The Morgan fingerprint density at radius 2 is 1.56 bits per heavy atom. The fourth-order valence-corrected chi connectivity index (χ4v) is 5.57. The molecule has 0 radical (unpaired) electrons. The Morgan fingerprint density at radius 3 is 2.25 bits per heavy atom. The first kappa shape index (κ1) is 24.9. The lowest BCUT2D eigenvalue weighted by molar-refractivity contribution is 0.302. The molecule has 2 aromatic carbocycles. The Balaban J connectivity index is 1.50. The number of aryl methyl sites for hydroxylation is 4. The highest BCUT2D eigenvalue weighted by Gasteiger charge is 2.23. The van der Waals surface area contributed by atoms with E-state index in [2.05, 4.69) is 69.4 Å². The van der Waals surface area contributed by atoms with Gasteiger partial charge >= 0.3 is 0 Å². The average molecular weight is 434 g/mol. The van der Waals surface area contributed by atoms with E-state index in [0.29, 0.717) is 0 Å². The monoisotopic (exact) mass is 433 g/mol. The van der Waals surface area contributed by atoms with Gasteiger partial charge in [-0.2, -0.15) is 0 Å². The topological polar surface area (TPSA) is 12.0 Å². The van der Waals surface area contributed by atoms with Crippen molar-refractivity contribution in [2.24, 2.45) is 5.92 Å². The van der Waals surface area contributed by atoms with Gasteiger partial charge in [0, 0.05) is 12.2 Å². The molecule has 1 aliphatic rings. The first-order chi connectivity index (χ1) is 15.6. The van der Waals surface area contributed by atoms with Crippen molar-refractivity contribution in [2.75, 3.05) is 11.9 Å².